The maximum atomic E-state index is 13.5. The summed E-state index contributed by atoms with van der Waals surface area (Å²) in [6.45, 7) is 7.65. The number of carbonyl (C=O) groups is 2. The molecule has 0 spiro atoms. The highest BCUT2D eigenvalue weighted by Crippen LogP contribution is 2.32. The van der Waals surface area contributed by atoms with Gasteiger partial charge in [0.2, 0.25) is 5.91 Å². The van der Waals surface area contributed by atoms with Crippen molar-refractivity contribution < 1.29 is 22.8 Å². The zero-order chi connectivity index (χ0) is 25.3. The molecule has 2 atom stereocenters. The fourth-order valence-electron chi connectivity index (χ4n) is 4.09. The van der Waals surface area contributed by atoms with Crippen LogP contribution in [-0.4, -0.2) is 60.6 Å². The molecule has 1 aromatic carbocycles. The van der Waals surface area contributed by atoms with E-state index in [1.807, 2.05) is 27.7 Å². The third-order valence-electron chi connectivity index (χ3n) is 5.74. The minimum absolute atomic E-state index is 0.0457. The molecule has 1 aliphatic heterocycles. The first-order chi connectivity index (χ1) is 15.8. The molecule has 0 bridgehead atoms. The van der Waals surface area contributed by atoms with Crippen molar-refractivity contribution in [2.45, 2.75) is 71.8 Å². The number of amides is 3. The number of aromatic nitrogens is 4. The minimum Gasteiger partial charge on any atom is -0.322 e. The van der Waals surface area contributed by atoms with Gasteiger partial charge in [0.1, 0.15) is 0 Å². The molecule has 2 N–H and O–H groups in total. The van der Waals surface area contributed by atoms with E-state index in [-0.39, 0.29) is 22.7 Å². The lowest BCUT2D eigenvalue weighted by Crippen LogP contribution is -2.52. The third kappa shape index (κ3) is 5.91. The maximum Gasteiger partial charge on any atom is 0.416 e. The molecule has 3 amide bonds. The summed E-state index contributed by atoms with van der Waals surface area (Å²) in [4.78, 5) is 30.4. The summed E-state index contributed by atoms with van der Waals surface area (Å²) in [5.41, 5.74) is 5.19. The van der Waals surface area contributed by atoms with E-state index in [0.717, 1.165) is 41.0 Å². The smallest absolute Gasteiger partial charge is 0.322 e. The molecule has 0 aliphatic carbocycles. The van der Waals surface area contributed by atoms with Gasteiger partial charge in [-0.05, 0) is 55.0 Å². The summed E-state index contributed by atoms with van der Waals surface area (Å²) < 4.78 is 40.4. The van der Waals surface area contributed by atoms with Gasteiger partial charge in [0.15, 0.2) is 6.33 Å². The van der Waals surface area contributed by atoms with Crippen LogP contribution in [0.15, 0.2) is 24.5 Å². The van der Waals surface area contributed by atoms with Gasteiger partial charge in [0.05, 0.1) is 23.8 Å². The van der Waals surface area contributed by atoms with Crippen LogP contribution in [0.3, 0.4) is 0 Å². The molecule has 0 radical (unpaired) electrons. The molecule has 0 unspecified atom stereocenters. The SMILES string of the molecule is C[C@@H]1CCCN1C(=O)N(Cc1cc(C(F)(F)F)ccc1-n1ncnn1)C(=O)[C@H](N)CC(C)(C)C. The van der Waals surface area contributed by atoms with Crippen LogP contribution in [-0.2, 0) is 17.5 Å². The Morgan fingerprint density at radius 3 is 2.50 bits per heavy atom. The standard InChI is InChI=1S/C22H30F3N7O2/c1-14-6-5-9-30(14)20(34)31(19(33)17(26)11-21(2,3)4)12-15-10-16(22(23,24)25)7-8-18(15)32-28-13-27-29-32/h7-8,10,13-14,17H,5-6,9,11-12,26H2,1-4H3/t14-,17-/m1/s1. The number of carbonyl (C=O) groups excluding carboxylic acids is 2. The second kappa shape index (κ2) is 9.69. The summed E-state index contributed by atoms with van der Waals surface area (Å²) in [5, 5.41) is 11.3. The number of hydrogen-bond donors (Lipinski definition) is 1. The van der Waals surface area contributed by atoms with Crippen molar-refractivity contribution >= 4 is 11.9 Å². The number of benzene rings is 1. The van der Waals surface area contributed by atoms with Gasteiger partial charge < -0.3 is 10.6 Å². The van der Waals surface area contributed by atoms with E-state index in [1.165, 1.54) is 6.07 Å². The van der Waals surface area contributed by atoms with E-state index in [9.17, 15) is 22.8 Å². The zero-order valence-corrected chi connectivity index (χ0v) is 19.7. The summed E-state index contributed by atoms with van der Waals surface area (Å²) in [7, 11) is 0. The molecular weight excluding hydrogens is 451 g/mol. The lowest BCUT2D eigenvalue weighted by atomic mass is 9.88. The number of nitrogens with zero attached hydrogens (tertiary/aromatic N) is 6. The highest BCUT2D eigenvalue weighted by Gasteiger charge is 2.37. The first kappa shape index (κ1) is 25.6. The number of tetrazole rings is 1. The molecule has 34 heavy (non-hydrogen) atoms. The van der Waals surface area contributed by atoms with E-state index in [0.29, 0.717) is 13.0 Å². The Hall–Kier alpha value is -3.02. The molecule has 9 nitrogen and oxygen atoms in total. The Balaban J connectivity index is 2.04. The van der Waals surface area contributed by atoms with E-state index >= 15 is 0 Å². The molecule has 1 aromatic heterocycles. The molecule has 1 saturated heterocycles. The second-order valence-corrected chi connectivity index (χ2v) is 9.83. The number of nitrogens with two attached hydrogens (primary N) is 1. The van der Waals surface area contributed by atoms with E-state index in [4.69, 9.17) is 5.73 Å². The van der Waals surface area contributed by atoms with Gasteiger partial charge in [0, 0.05) is 18.2 Å². The van der Waals surface area contributed by atoms with Crippen LogP contribution >= 0.6 is 0 Å². The van der Waals surface area contributed by atoms with Gasteiger partial charge in [-0.1, -0.05) is 20.8 Å². The summed E-state index contributed by atoms with van der Waals surface area (Å²) in [6, 6.07) is 1.31. The number of urea groups is 1. The Bertz CT molecular complexity index is 1020. The lowest BCUT2D eigenvalue weighted by molar-refractivity contribution is -0.137. The molecule has 12 heteroatoms. The normalized spacial score (nSPS) is 17.6. The summed E-state index contributed by atoms with van der Waals surface area (Å²) in [5.74, 6) is -0.645. The van der Waals surface area contributed by atoms with Crippen molar-refractivity contribution in [2.24, 2.45) is 11.1 Å². The number of halogens is 3. The number of imide groups is 1. The Morgan fingerprint density at radius 2 is 1.97 bits per heavy atom. The first-order valence-electron chi connectivity index (χ1n) is 11.1. The average Bonchev–Trinajstić information content (AvgIpc) is 3.40. The fraction of sp³-hybridized carbons (Fsp3) is 0.591. The van der Waals surface area contributed by atoms with Gasteiger partial charge in [-0.2, -0.15) is 13.2 Å². The first-order valence-corrected chi connectivity index (χ1v) is 11.1. The quantitative estimate of drug-likeness (QED) is 0.701. The molecule has 2 heterocycles. The van der Waals surface area contributed by atoms with E-state index < -0.39 is 36.3 Å². The van der Waals surface area contributed by atoms with Crippen molar-refractivity contribution in [3.63, 3.8) is 0 Å². The van der Waals surface area contributed by atoms with Crippen LogP contribution in [0, 0.1) is 5.41 Å². The topological polar surface area (TPSA) is 110 Å². The van der Waals surface area contributed by atoms with Gasteiger partial charge >= 0.3 is 12.2 Å². The summed E-state index contributed by atoms with van der Waals surface area (Å²) >= 11 is 0. The second-order valence-electron chi connectivity index (χ2n) is 9.83. The highest BCUT2D eigenvalue weighted by atomic mass is 19.4. The minimum atomic E-state index is -4.62. The van der Waals surface area contributed by atoms with Gasteiger partial charge in [-0.25, -0.2) is 4.79 Å². The number of alkyl halides is 3. The van der Waals surface area contributed by atoms with Crippen LogP contribution in [0.25, 0.3) is 5.69 Å². The van der Waals surface area contributed by atoms with Crippen molar-refractivity contribution in [1.29, 1.82) is 0 Å². The maximum absolute atomic E-state index is 13.5. The van der Waals surface area contributed by atoms with Crippen molar-refractivity contribution in [3.8, 4) is 5.69 Å². The Kier molecular flexibility index (Phi) is 7.29. The van der Waals surface area contributed by atoms with Gasteiger partial charge in [0.25, 0.3) is 0 Å². The number of rotatable bonds is 5. The monoisotopic (exact) mass is 481 g/mol. The van der Waals surface area contributed by atoms with Crippen LogP contribution in [0.1, 0.15) is 58.1 Å². The molecule has 2 aromatic rings. The Morgan fingerprint density at radius 1 is 1.26 bits per heavy atom. The van der Waals surface area contributed by atoms with Crippen LogP contribution < -0.4 is 5.73 Å². The molecule has 0 saturated carbocycles. The molecule has 1 fully saturated rings. The third-order valence-corrected chi connectivity index (χ3v) is 5.74. The lowest BCUT2D eigenvalue weighted by Gasteiger charge is -2.32. The number of likely N-dealkylation sites (tertiary alicyclic amines) is 1. The van der Waals surface area contributed by atoms with Crippen LogP contribution in [0.2, 0.25) is 0 Å². The molecule has 1 aliphatic rings. The predicted molar refractivity (Wildman–Crippen MR) is 118 cm³/mol. The zero-order valence-electron chi connectivity index (χ0n) is 19.7. The van der Waals surface area contributed by atoms with Gasteiger partial charge in [-0.3, -0.25) is 9.69 Å². The van der Waals surface area contributed by atoms with E-state index in [1.54, 1.807) is 4.90 Å². The van der Waals surface area contributed by atoms with E-state index in [2.05, 4.69) is 15.4 Å². The predicted octanol–water partition coefficient (Wildman–Crippen LogP) is 3.38. The van der Waals surface area contributed by atoms with Gasteiger partial charge in [-0.15, -0.1) is 15.0 Å². The van der Waals surface area contributed by atoms with Crippen LogP contribution in [0.5, 0.6) is 0 Å². The van der Waals surface area contributed by atoms with Crippen molar-refractivity contribution in [1.82, 2.24) is 30.0 Å². The van der Waals surface area contributed by atoms with Crippen molar-refractivity contribution in [3.05, 3.63) is 35.7 Å². The Labute approximate surface area is 196 Å². The summed E-state index contributed by atoms with van der Waals surface area (Å²) in [6.07, 6.45) is -1.62. The average molecular weight is 482 g/mol. The fourth-order valence-corrected chi connectivity index (χ4v) is 4.09. The van der Waals surface area contributed by atoms with Crippen LogP contribution in [0.4, 0.5) is 18.0 Å². The molecule has 186 valence electrons. The largest absolute Gasteiger partial charge is 0.416 e. The van der Waals surface area contributed by atoms with Crippen molar-refractivity contribution in [2.75, 3.05) is 6.54 Å². The molecule has 3 rings (SSSR count). The highest BCUT2D eigenvalue weighted by molar-refractivity contribution is 5.97. The molecular formula is C22H30F3N7O2. The number of hydrogen-bond acceptors (Lipinski definition) is 6.